The number of phenolic OH excluding ortho intramolecular Hbond substituents is 1. The van der Waals surface area contributed by atoms with Crippen LogP contribution in [0.1, 0.15) is 25.7 Å². The highest BCUT2D eigenvalue weighted by Crippen LogP contribution is 2.34. The van der Waals surface area contributed by atoms with Gasteiger partial charge in [0.05, 0.1) is 12.8 Å². The maximum absolute atomic E-state index is 10.0. The highest BCUT2D eigenvalue weighted by molar-refractivity contribution is 7.14. The quantitative estimate of drug-likeness (QED) is 0.842. The number of aromatic nitrogens is 1. The van der Waals surface area contributed by atoms with Gasteiger partial charge in [-0.1, -0.05) is 0 Å². The number of hydrogen-bond acceptors (Lipinski definition) is 6. The number of thiazole rings is 1. The van der Waals surface area contributed by atoms with Crippen LogP contribution in [-0.2, 0) is 0 Å². The average molecular weight is 303 g/mol. The molecule has 0 amide bonds. The van der Waals surface area contributed by atoms with Crippen molar-refractivity contribution >= 4 is 22.2 Å². The first-order valence-corrected chi connectivity index (χ1v) is 7.78. The van der Waals surface area contributed by atoms with Crippen LogP contribution < -0.4 is 10.2 Å². The number of hydrazone groups is 1. The van der Waals surface area contributed by atoms with E-state index < -0.39 is 0 Å². The largest absolute Gasteiger partial charge is 0.507 e. The Morgan fingerprint density at radius 3 is 2.86 bits per heavy atom. The fourth-order valence-corrected chi connectivity index (χ4v) is 2.98. The molecule has 1 heterocycles. The molecule has 0 aliphatic heterocycles. The Balaban J connectivity index is 1.76. The monoisotopic (exact) mass is 303 g/mol. The fraction of sp³-hybridized carbons (Fsp3) is 0.333. The van der Waals surface area contributed by atoms with Gasteiger partial charge in [-0.15, -0.1) is 11.3 Å². The summed E-state index contributed by atoms with van der Waals surface area (Å²) < 4.78 is 5.08. The third-order valence-corrected chi connectivity index (χ3v) is 4.22. The summed E-state index contributed by atoms with van der Waals surface area (Å²) in [7, 11) is 1.57. The number of phenols is 1. The van der Waals surface area contributed by atoms with Gasteiger partial charge in [-0.3, -0.25) is 5.43 Å². The Hall–Kier alpha value is -2.08. The van der Waals surface area contributed by atoms with Crippen molar-refractivity contribution in [3.8, 4) is 22.8 Å². The third kappa shape index (κ3) is 3.16. The molecule has 5 nitrogen and oxygen atoms in total. The summed E-state index contributed by atoms with van der Waals surface area (Å²) >= 11 is 1.47. The van der Waals surface area contributed by atoms with Gasteiger partial charge in [0.15, 0.2) is 0 Å². The Bertz CT molecular complexity index is 659. The van der Waals surface area contributed by atoms with E-state index in [1.165, 1.54) is 29.9 Å². The molecular weight excluding hydrogens is 286 g/mol. The summed E-state index contributed by atoms with van der Waals surface area (Å²) in [6.45, 7) is 0. The van der Waals surface area contributed by atoms with Crippen LogP contribution in [0.25, 0.3) is 11.3 Å². The molecule has 3 rings (SSSR count). The smallest absolute Gasteiger partial charge is 0.203 e. The molecule has 0 unspecified atom stereocenters. The van der Waals surface area contributed by atoms with Gasteiger partial charge < -0.3 is 9.84 Å². The van der Waals surface area contributed by atoms with E-state index in [9.17, 15) is 5.11 Å². The molecule has 110 valence electrons. The number of methoxy groups -OCH3 is 1. The Labute approximate surface area is 127 Å². The summed E-state index contributed by atoms with van der Waals surface area (Å²) in [5.74, 6) is 0.783. The molecule has 0 radical (unpaired) electrons. The zero-order valence-electron chi connectivity index (χ0n) is 11.8. The van der Waals surface area contributed by atoms with Gasteiger partial charge in [-0.05, 0) is 37.8 Å². The van der Waals surface area contributed by atoms with E-state index in [-0.39, 0.29) is 5.75 Å². The highest BCUT2D eigenvalue weighted by Gasteiger charge is 2.11. The minimum Gasteiger partial charge on any atom is -0.507 e. The van der Waals surface area contributed by atoms with Crippen molar-refractivity contribution in [3.63, 3.8) is 0 Å². The number of anilines is 1. The number of nitrogens with one attached hydrogen (secondary N) is 1. The van der Waals surface area contributed by atoms with Crippen molar-refractivity contribution in [2.24, 2.45) is 5.10 Å². The van der Waals surface area contributed by atoms with Crippen molar-refractivity contribution in [2.45, 2.75) is 25.7 Å². The molecule has 21 heavy (non-hydrogen) atoms. The SMILES string of the molecule is COc1ccc(-c2csc(NN=C3CCCC3)n2)c(O)c1. The first-order chi connectivity index (χ1) is 10.3. The van der Waals surface area contributed by atoms with Crippen LogP contribution in [0, 0.1) is 0 Å². The first kappa shape index (κ1) is 13.9. The minimum absolute atomic E-state index is 0.160. The van der Waals surface area contributed by atoms with Crippen LogP contribution in [0.2, 0.25) is 0 Å². The van der Waals surface area contributed by atoms with Gasteiger partial charge in [0.25, 0.3) is 0 Å². The van der Waals surface area contributed by atoms with E-state index in [0.717, 1.165) is 23.7 Å². The molecule has 0 spiro atoms. The highest BCUT2D eigenvalue weighted by atomic mass is 32.1. The number of ether oxygens (including phenoxy) is 1. The van der Waals surface area contributed by atoms with Gasteiger partial charge in [-0.25, -0.2) is 4.98 Å². The van der Waals surface area contributed by atoms with Crippen molar-refractivity contribution < 1.29 is 9.84 Å². The third-order valence-electron chi connectivity index (χ3n) is 3.48. The standard InChI is InChI=1S/C15H17N3O2S/c1-20-11-6-7-12(14(19)8-11)13-9-21-15(16-13)18-17-10-4-2-3-5-10/h6-9,19H,2-5H2,1H3,(H,16,18). The average Bonchev–Trinajstić information content (AvgIpc) is 3.16. The van der Waals surface area contributed by atoms with Gasteiger partial charge >= 0.3 is 0 Å². The van der Waals surface area contributed by atoms with E-state index in [2.05, 4.69) is 15.5 Å². The molecule has 2 N–H and O–H groups in total. The summed E-state index contributed by atoms with van der Waals surface area (Å²) in [5, 5.41) is 17.0. The molecule has 1 saturated carbocycles. The number of benzene rings is 1. The lowest BCUT2D eigenvalue weighted by atomic mass is 10.1. The molecule has 1 fully saturated rings. The van der Waals surface area contributed by atoms with E-state index in [4.69, 9.17) is 4.74 Å². The Kier molecular flexibility index (Phi) is 4.06. The van der Waals surface area contributed by atoms with Crippen LogP contribution in [-0.4, -0.2) is 22.9 Å². The van der Waals surface area contributed by atoms with E-state index >= 15 is 0 Å². The topological polar surface area (TPSA) is 66.7 Å². The first-order valence-electron chi connectivity index (χ1n) is 6.90. The molecule has 1 aliphatic rings. The lowest BCUT2D eigenvalue weighted by Crippen LogP contribution is -1.96. The molecule has 0 bridgehead atoms. The van der Waals surface area contributed by atoms with Crippen LogP contribution in [0.4, 0.5) is 5.13 Å². The Morgan fingerprint density at radius 1 is 1.33 bits per heavy atom. The minimum atomic E-state index is 0.160. The fourth-order valence-electron chi connectivity index (χ4n) is 2.33. The molecule has 2 aromatic rings. The van der Waals surface area contributed by atoms with E-state index in [0.29, 0.717) is 11.3 Å². The predicted molar refractivity (Wildman–Crippen MR) is 85.3 cm³/mol. The van der Waals surface area contributed by atoms with Gasteiger partial charge in [-0.2, -0.15) is 5.10 Å². The van der Waals surface area contributed by atoms with Gasteiger partial charge in [0.1, 0.15) is 11.5 Å². The molecule has 0 atom stereocenters. The second kappa shape index (κ2) is 6.13. The molecule has 1 aromatic heterocycles. The predicted octanol–water partition coefficient (Wildman–Crippen LogP) is 3.87. The van der Waals surface area contributed by atoms with Gasteiger partial charge in [0, 0.05) is 22.7 Å². The number of hydrogen-bond donors (Lipinski definition) is 2. The van der Waals surface area contributed by atoms with Crippen molar-refractivity contribution in [1.29, 1.82) is 0 Å². The second-order valence-electron chi connectivity index (χ2n) is 4.92. The molecule has 0 saturated heterocycles. The normalized spacial score (nSPS) is 14.2. The van der Waals surface area contributed by atoms with Crippen molar-refractivity contribution in [1.82, 2.24) is 4.98 Å². The lowest BCUT2D eigenvalue weighted by Gasteiger charge is -2.04. The zero-order valence-corrected chi connectivity index (χ0v) is 12.6. The molecule has 1 aliphatic carbocycles. The summed E-state index contributed by atoms with van der Waals surface area (Å²) in [4.78, 5) is 4.46. The van der Waals surface area contributed by atoms with E-state index in [1.807, 2.05) is 5.38 Å². The molecule has 6 heteroatoms. The van der Waals surface area contributed by atoms with Gasteiger partial charge in [0.2, 0.25) is 5.13 Å². The lowest BCUT2D eigenvalue weighted by molar-refractivity contribution is 0.408. The van der Waals surface area contributed by atoms with Crippen LogP contribution in [0.3, 0.4) is 0 Å². The summed E-state index contributed by atoms with van der Waals surface area (Å²) in [6, 6.07) is 5.19. The van der Waals surface area contributed by atoms with Crippen LogP contribution in [0.15, 0.2) is 28.7 Å². The number of aromatic hydroxyl groups is 1. The summed E-state index contributed by atoms with van der Waals surface area (Å²) in [6.07, 6.45) is 4.60. The van der Waals surface area contributed by atoms with Crippen LogP contribution in [0.5, 0.6) is 11.5 Å². The number of rotatable bonds is 4. The number of nitrogens with zero attached hydrogens (tertiary/aromatic N) is 2. The van der Waals surface area contributed by atoms with Crippen LogP contribution >= 0.6 is 11.3 Å². The maximum Gasteiger partial charge on any atom is 0.203 e. The molecular formula is C15H17N3O2S. The van der Waals surface area contributed by atoms with E-state index in [1.54, 1.807) is 25.3 Å². The second-order valence-corrected chi connectivity index (χ2v) is 5.78. The zero-order chi connectivity index (χ0) is 14.7. The summed E-state index contributed by atoms with van der Waals surface area (Å²) in [5.41, 5.74) is 5.63. The van der Waals surface area contributed by atoms with Crippen molar-refractivity contribution in [2.75, 3.05) is 12.5 Å². The Morgan fingerprint density at radius 2 is 2.14 bits per heavy atom. The van der Waals surface area contributed by atoms with Crippen molar-refractivity contribution in [3.05, 3.63) is 23.6 Å². The maximum atomic E-state index is 10.0. The molecule has 1 aromatic carbocycles.